The summed E-state index contributed by atoms with van der Waals surface area (Å²) < 4.78 is 44.0. The molecule has 11 heteroatoms. The van der Waals surface area contributed by atoms with Gasteiger partial charge < -0.3 is 10.2 Å². The predicted octanol–water partition coefficient (Wildman–Crippen LogP) is 6.88. The summed E-state index contributed by atoms with van der Waals surface area (Å²) in [7, 11) is -4.34. The van der Waals surface area contributed by atoms with Crippen LogP contribution in [0.1, 0.15) is 31.9 Å². The highest BCUT2D eigenvalue weighted by atomic mass is 35.5. The summed E-state index contributed by atoms with van der Waals surface area (Å²) in [5.41, 5.74) is 0.317. The molecule has 4 aromatic rings. The molecule has 0 saturated heterocycles. The average Bonchev–Trinajstić information content (AvgIpc) is 2.98. The van der Waals surface area contributed by atoms with Gasteiger partial charge in [0.1, 0.15) is 18.4 Å². The van der Waals surface area contributed by atoms with E-state index >= 15 is 4.39 Å². The largest absolute Gasteiger partial charge is 0.350 e. The first-order chi connectivity index (χ1) is 21.2. The second-order valence-electron chi connectivity index (χ2n) is 11.5. The van der Waals surface area contributed by atoms with E-state index < -0.39 is 45.8 Å². The molecule has 2 amide bonds. The third-order valence-corrected chi connectivity index (χ3v) is 9.04. The van der Waals surface area contributed by atoms with Gasteiger partial charge in [-0.25, -0.2) is 12.8 Å². The molecule has 0 radical (unpaired) electrons. The number of nitrogens with zero attached hydrogens (tertiary/aromatic N) is 2. The van der Waals surface area contributed by atoms with E-state index in [9.17, 15) is 18.0 Å². The molecule has 0 aliphatic rings. The minimum atomic E-state index is -4.34. The van der Waals surface area contributed by atoms with E-state index in [-0.39, 0.29) is 39.2 Å². The molecule has 0 unspecified atom stereocenters. The van der Waals surface area contributed by atoms with Crippen LogP contribution in [0.5, 0.6) is 0 Å². The van der Waals surface area contributed by atoms with Gasteiger partial charge in [-0.1, -0.05) is 89.9 Å². The Morgan fingerprint density at radius 2 is 1.40 bits per heavy atom. The summed E-state index contributed by atoms with van der Waals surface area (Å²) in [6, 6.07) is 25.7. The number of benzene rings is 4. The van der Waals surface area contributed by atoms with Gasteiger partial charge in [0, 0.05) is 34.1 Å². The van der Waals surface area contributed by atoms with Crippen molar-refractivity contribution in [2.45, 2.75) is 50.2 Å². The first-order valence-corrected chi connectivity index (χ1v) is 16.4. The Bertz CT molecular complexity index is 1730. The summed E-state index contributed by atoms with van der Waals surface area (Å²) >= 11 is 12.5. The first-order valence-electron chi connectivity index (χ1n) is 14.2. The maximum atomic E-state index is 15.0. The molecule has 0 aromatic heterocycles. The number of amides is 2. The van der Waals surface area contributed by atoms with E-state index in [4.69, 9.17) is 23.2 Å². The Morgan fingerprint density at radius 3 is 1.98 bits per heavy atom. The highest BCUT2D eigenvalue weighted by molar-refractivity contribution is 7.92. The van der Waals surface area contributed by atoms with Crippen LogP contribution >= 0.6 is 23.2 Å². The number of hydrogen-bond donors (Lipinski definition) is 1. The predicted molar refractivity (Wildman–Crippen MR) is 176 cm³/mol. The molecule has 1 N–H and O–H groups in total. The van der Waals surface area contributed by atoms with Gasteiger partial charge in [-0.15, -0.1) is 0 Å². The Kier molecular flexibility index (Phi) is 10.9. The van der Waals surface area contributed by atoms with Gasteiger partial charge >= 0.3 is 0 Å². The summed E-state index contributed by atoms with van der Waals surface area (Å²) in [6.45, 7) is 4.41. The van der Waals surface area contributed by atoms with Gasteiger partial charge in [0.15, 0.2) is 0 Å². The topological polar surface area (TPSA) is 86.8 Å². The summed E-state index contributed by atoms with van der Waals surface area (Å²) in [4.78, 5) is 29.5. The van der Waals surface area contributed by atoms with Crippen molar-refractivity contribution in [3.05, 3.63) is 130 Å². The molecule has 45 heavy (non-hydrogen) atoms. The van der Waals surface area contributed by atoms with Gasteiger partial charge in [-0.05, 0) is 62.7 Å². The molecule has 1 atom stereocenters. The highest BCUT2D eigenvalue weighted by Crippen LogP contribution is 2.30. The SMILES string of the molecule is CC(C)(C)NC(=O)[C@H](Cc1ccccc1)N(Cc1ccccc1F)C(=O)CN(c1cc(Cl)cc(Cl)c1)S(=O)(=O)c1ccccc1. The van der Waals surface area contributed by atoms with Crippen molar-refractivity contribution in [3.63, 3.8) is 0 Å². The van der Waals surface area contributed by atoms with Gasteiger partial charge in [0.2, 0.25) is 11.8 Å². The molecule has 0 fully saturated rings. The van der Waals surface area contributed by atoms with Crippen LogP contribution in [0, 0.1) is 5.82 Å². The molecular weight excluding hydrogens is 636 g/mol. The second-order valence-corrected chi connectivity index (χ2v) is 14.2. The van der Waals surface area contributed by atoms with Crippen molar-refractivity contribution in [3.8, 4) is 0 Å². The van der Waals surface area contributed by atoms with E-state index in [1.54, 1.807) is 24.3 Å². The molecule has 0 aliphatic heterocycles. The molecule has 7 nitrogen and oxygen atoms in total. The van der Waals surface area contributed by atoms with Crippen molar-refractivity contribution >= 4 is 50.7 Å². The maximum Gasteiger partial charge on any atom is 0.264 e. The van der Waals surface area contributed by atoms with Gasteiger partial charge in [-0.3, -0.25) is 13.9 Å². The molecular formula is C34H34Cl2FN3O4S. The third kappa shape index (κ3) is 9.06. The fourth-order valence-electron chi connectivity index (χ4n) is 4.75. The molecule has 4 rings (SSSR count). The minimum absolute atomic E-state index is 0.0503. The highest BCUT2D eigenvalue weighted by Gasteiger charge is 2.36. The Labute approximate surface area is 273 Å². The van der Waals surface area contributed by atoms with Gasteiger partial charge in [0.25, 0.3) is 10.0 Å². The number of sulfonamides is 1. The van der Waals surface area contributed by atoms with Crippen molar-refractivity contribution in [1.82, 2.24) is 10.2 Å². The number of rotatable bonds is 11. The third-order valence-electron chi connectivity index (χ3n) is 6.81. The monoisotopic (exact) mass is 669 g/mol. The molecule has 0 heterocycles. The molecule has 0 bridgehead atoms. The van der Waals surface area contributed by atoms with Crippen LogP contribution in [-0.2, 0) is 32.6 Å². The van der Waals surface area contributed by atoms with Gasteiger partial charge in [0.05, 0.1) is 10.6 Å². The van der Waals surface area contributed by atoms with E-state index in [0.29, 0.717) is 0 Å². The van der Waals surface area contributed by atoms with Crippen LogP contribution in [0.15, 0.2) is 108 Å². The van der Waals surface area contributed by atoms with Crippen LogP contribution in [0.4, 0.5) is 10.1 Å². The molecule has 0 aliphatic carbocycles. The Morgan fingerprint density at radius 1 is 0.844 bits per heavy atom. The number of carbonyl (C=O) groups excluding carboxylic acids is 2. The summed E-state index contributed by atoms with van der Waals surface area (Å²) in [6.07, 6.45) is 0.0946. The lowest BCUT2D eigenvalue weighted by Crippen LogP contribution is -2.56. The van der Waals surface area contributed by atoms with Crippen LogP contribution < -0.4 is 9.62 Å². The van der Waals surface area contributed by atoms with E-state index in [1.165, 1.54) is 53.4 Å². The smallest absolute Gasteiger partial charge is 0.264 e. The molecule has 0 saturated carbocycles. The fourth-order valence-corrected chi connectivity index (χ4v) is 6.68. The van der Waals surface area contributed by atoms with E-state index in [2.05, 4.69) is 5.32 Å². The molecule has 0 spiro atoms. The van der Waals surface area contributed by atoms with Crippen LogP contribution in [0.2, 0.25) is 10.0 Å². The van der Waals surface area contributed by atoms with Crippen molar-refractivity contribution in [1.29, 1.82) is 0 Å². The standard InChI is InChI=1S/C34H34Cl2FN3O4S/c1-34(2,3)38-33(42)31(18-24-12-6-4-7-13-24)39(22-25-14-10-11-17-30(25)37)32(41)23-40(28-20-26(35)19-27(36)21-28)45(43,44)29-15-8-5-9-16-29/h4-17,19-21,31H,18,22-23H2,1-3H3,(H,38,42)/t31-/m0/s1. The van der Waals surface area contributed by atoms with Crippen molar-refractivity contribution in [2.24, 2.45) is 0 Å². The zero-order chi connectivity index (χ0) is 32.8. The lowest BCUT2D eigenvalue weighted by Gasteiger charge is -2.35. The van der Waals surface area contributed by atoms with E-state index in [1.807, 2.05) is 51.1 Å². The first kappa shape index (κ1) is 34.0. The molecule has 236 valence electrons. The second kappa shape index (κ2) is 14.5. The number of hydrogen-bond acceptors (Lipinski definition) is 4. The summed E-state index contributed by atoms with van der Waals surface area (Å²) in [5, 5.41) is 3.26. The zero-order valence-corrected chi connectivity index (χ0v) is 27.4. The fraction of sp³-hybridized carbons (Fsp3) is 0.235. The minimum Gasteiger partial charge on any atom is -0.350 e. The zero-order valence-electron chi connectivity index (χ0n) is 25.1. The van der Waals surface area contributed by atoms with Gasteiger partial charge in [-0.2, -0.15) is 0 Å². The van der Waals surface area contributed by atoms with Crippen molar-refractivity contribution in [2.75, 3.05) is 10.8 Å². The normalized spacial score (nSPS) is 12.3. The molecule has 4 aromatic carbocycles. The quantitative estimate of drug-likeness (QED) is 0.189. The van der Waals surface area contributed by atoms with Crippen LogP contribution in [0.3, 0.4) is 0 Å². The lowest BCUT2D eigenvalue weighted by molar-refractivity contribution is -0.140. The van der Waals surface area contributed by atoms with Crippen LogP contribution in [0.25, 0.3) is 0 Å². The van der Waals surface area contributed by atoms with Crippen LogP contribution in [-0.4, -0.2) is 43.3 Å². The number of nitrogens with one attached hydrogen (secondary N) is 1. The number of halogens is 3. The number of carbonyl (C=O) groups is 2. The van der Waals surface area contributed by atoms with Crippen molar-refractivity contribution < 1.29 is 22.4 Å². The Hall–Kier alpha value is -3.92. The average molecular weight is 671 g/mol. The summed E-state index contributed by atoms with van der Waals surface area (Å²) in [5.74, 6) is -1.78. The van der Waals surface area contributed by atoms with E-state index in [0.717, 1.165) is 9.87 Å². The maximum absolute atomic E-state index is 15.0. The lowest BCUT2D eigenvalue weighted by atomic mass is 10.0. The number of anilines is 1. The Balaban J connectivity index is 1.84.